The SMILES string of the molecule is CC(C)OCCCCNC(=O)[C@H]1Cc2ccccc2CN1. The molecule has 0 saturated heterocycles. The maximum atomic E-state index is 12.1. The highest BCUT2D eigenvalue weighted by Crippen LogP contribution is 2.16. The van der Waals surface area contributed by atoms with E-state index in [1.54, 1.807) is 0 Å². The third kappa shape index (κ3) is 5.14. The van der Waals surface area contributed by atoms with Crippen LogP contribution in [0, 0.1) is 0 Å². The molecule has 0 fully saturated rings. The molecule has 0 spiro atoms. The molecule has 2 N–H and O–H groups in total. The van der Waals surface area contributed by atoms with E-state index in [1.165, 1.54) is 11.1 Å². The third-order valence-electron chi connectivity index (χ3n) is 3.72. The van der Waals surface area contributed by atoms with Crippen LogP contribution in [-0.4, -0.2) is 31.2 Å². The molecule has 0 bridgehead atoms. The Morgan fingerprint density at radius 2 is 2.10 bits per heavy atom. The summed E-state index contributed by atoms with van der Waals surface area (Å²) >= 11 is 0. The first-order chi connectivity index (χ1) is 10.2. The molecule has 0 radical (unpaired) electrons. The van der Waals surface area contributed by atoms with Gasteiger partial charge in [0, 0.05) is 19.7 Å². The number of hydrogen-bond donors (Lipinski definition) is 2. The van der Waals surface area contributed by atoms with Gasteiger partial charge in [-0.25, -0.2) is 0 Å². The Bertz CT molecular complexity index is 460. The van der Waals surface area contributed by atoms with Crippen molar-refractivity contribution >= 4 is 5.91 Å². The van der Waals surface area contributed by atoms with Crippen LogP contribution in [0.2, 0.25) is 0 Å². The standard InChI is InChI=1S/C17H26N2O2/c1-13(2)21-10-6-5-9-18-17(20)16-11-14-7-3-4-8-15(14)12-19-16/h3-4,7-8,13,16,19H,5-6,9-12H2,1-2H3,(H,18,20)/t16-/m1/s1. The Kier molecular flexibility index (Phi) is 6.21. The van der Waals surface area contributed by atoms with E-state index in [0.717, 1.165) is 39.0 Å². The molecule has 1 amide bonds. The van der Waals surface area contributed by atoms with Crippen molar-refractivity contribution in [1.29, 1.82) is 0 Å². The summed E-state index contributed by atoms with van der Waals surface area (Å²) in [6.45, 7) is 6.34. The highest BCUT2D eigenvalue weighted by molar-refractivity contribution is 5.82. The average Bonchev–Trinajstić information content (AvgIpc) is 2.49. The Morgan fingerprint density at radius 1 is 1.33 bits per heavy atom. The molecule has 1 heterocycles. The van der Waals surface area contributed by atoms with Gasteiger partial charge in [0.1, 0.15) is 0 Å². The van der Waals surface area contributed by atoms with Gasteiger partial charge in [0.05, 0.1) is 12.1 Å². The number of hydrogen-bond acceptors (Lipinski definition) is 3. The van der Waals surface area contributed by atoms with E-state index in [0.29, 0.717) is 0 Å². The number of ether oxygens (including phenoxy) is 1. The molecule has 0 unspecified atom stereocenters. The summed E-state index contributed by atoms with van der Waals surface area (Å²) in [6.07, 6.45) is 3.01. The van der Waals surface area contributed by atoms with E-state index in [9.17, 15) is 4.79 Å². The van der Waals surface area contributed by atoms with Crippen LogP contribution in [0.3, 0.4) is 0 Å². The van der Waals surface area contributed by atoms with Crippen LogP contribution in [-0.2, 0) is 22.5 Å². The molecule has 4 nitrogen and oxygen atoms in total. The minimum atomic E-state index is -0.105. The van der Waals surface area contributed by atoms with Crippen molar-refractivity contribution in [2.24, 2.45) is 0 Å². The van der Waals surface area contributed by atoms with Gasteiger partial charge in [0.15, 0.2) is 0 Å². The fourth-order valence-corrected chi connectivity index (χ4v) is 2.52. The van der Waals surface area contributed by atoms with Gasteiger partial charge in [-0.1, -0.05) is 24.3 Å². The Labute approximate surface area is 127 Å². The number of amides is 1. The summed E-state index contributed by atoms with van der Waals surface area (Å²) < 4.78 is 5.48. The fraction of sp³-hybridized carbons (Fsp3) is 0.588. The van der Waals surface area contributed by atoms with E-state index >= 15 is 0 Å². The smallest absolute Gasteiger partial charge is 0.237 e. The van der Waals surface area contributed by atoms with Gasteiger partial charge in [-0.15, -0.1) is 0 Å². The van der Waals surface area contributed by atoms with Crippen molar-refractivity contribution in [2.75, 3.05) is 13.2 Å². The van der Waals surface area contributed by atoms with Crippen molar-refractivity contribution in [3.05, 3.63) is 35.4 Å². The molecule has 0 saturated carbocycles. The summed E-state index contributed by atoms with van der Waals surface area (Å²) in [5, 5.41) is 6.32. The number of benzene rings is 1. The highest BCUT2D eigenvalue weighted by atomic mass is 16.5. The molecule has 1 aliphatic rings. The maximum absolute atomic E-state index is 12.1. The minimum absolute atomic E-state index is 0.105. The van der Waals surface area contributed by atoms with Crippen LogP contribution in [0.15, 0.2) is 24.3 Å². The van der Waals surface area contributed by atoms with Gasteiger partial charge < -0.3 is 15.4 Å². The van der Waals surface area contributed by atoms with Gasteiger partial charge in [-0.05, 0) is 44.2 Å². The summed E-state index contributed by atoms with van der Waals surface area (Å²) in [5.74, 6) is 0.106. The van der Waals surface area contributed by atoms with Crippen LogP contribution >= 0.6 is 0 Å². The molecule has 1 aromatic rings. The molecular weight excluding hydrogens is 264 g/mol. The zero-order valence-electron chi connectivity index (χ0n) is 13.0. The van der Waals surface area contributed by atoms with Gasteiger partial charge in [-0.2, -0.15) is 0 Å². The van der Waals surface area contributed by atoms with Crippen LogP contribution in [0.5, 0.6) is 0 Å². The van der Waals surface area contributed by atoms with E-state index in [1.807, 2.05) is 26.0 Å². The molecule has 1 aromatic carbocycles. The predicted molar refractivity (Wildman–Crippen MR) is 84.1 cm³/mol. The van der Waals surface area contributed by atoms with Gasteiger partial charge in [-0.3, -0.25) is 4.79 Å². The molecule has 116 valence electrons. The lowest BCUT2D eigenvalue weighted by molar-refractivity contribution is -0.123. The molecule has 0 aromatic heterocycles. The van der Waals surface area contributed by atoms with Crippen molar-refractivity contribution in [3.63, 3.8) is 0 Å². The highest BCUT2D eigenvalue weighted by Gasteiger charge is 2.23. The third-order valence-corrected chi connectivity index (χ3v) is 3.72. The van der Waals surface area contributed by atoms with Crippen molar-refractivity contribution in [3.8, 4) is 0 Å². The second-order valence-electron chi connectivity index (χ2n) is 5.82. The Balaban J connectivity index is 1.66. The number of rotatable bonds is 7. The number of carbonyl (C=O) groups is 1. The summed E-state index contributed by atoms with van der Waals surface area (Å²) in [6, 6.07) is 8.20. The molecule has 4 heteroatoms. The van der Waals surface area contributed by atoms with Crippen LogP contribution in [0.1, 0.15) is 37.8 Å². The number of nitrogens with one attached hydrogen (secondary N) is 2. The lowest BCUT2D eigenvalue weighted by atomic mass is 9.95. The molecule has 0 aliphatic carbocycles. The van der Waals surface area contributed by atoms with E-state index in [4.69, 9.17) is 4.74 Å². The van der Waals surface area contributed by atoms with Crippen molar-refractivity contribution in [2.45, 2.75) is 51.8 Å². The molecule has 1 atom stereocenters. The zero-order valence-corrected chi connectivity index (χ0v) is 13.0. The van der Waals surface area contributed by atoms with Crippen molar-refractivity contribution in [1.82, 2.24) is 10.6 Å². The number of fused-ring (bicyclic) bond motifs is 1. The number of unbranched alkanes of at least 4 members (excludes halogenated alkanes) is 1. The molecule has 1 aliphatic heterocycles. The number of carbonyl (C=O) groups excluding carboxylic acids is 1. The lowest BCUT2D eigenvalue weighted by Gasteiger charge is -2.25. The minimum Gasteiger partial charge on any atom is -0.379 e. The zero-order chi connectivity index (χ0) is 15.1. The largest absolute Gasteiger partial charge is 0.379 e. The fourth-order valence-electron chi connectivity index (χ4n) is 2.52. The lowest BCUT2D eigenvalue weighted by Crippen LogP contribution is -2.47. The maximum Gasteiger partial charge on any atom is 0.237 e. The summed E-state index contributed by atoms with van der Waals surface area (Å²) in [4.78, 5) is 12.1. The Morgan fingerprint density at radius 3 is 2.86 bits per heavy atom. The van der Waals surface area contributed by atoms with E-state index in [-0.39, 0.29) is 18.1 Å². The molecule has 21 heavy (non-hydrogen) atoms. The quantitative estimate of drug-likeness (QED) is 0.755. The first kappa shape index (κ1) is 16.0. The van der Waals surface area contributed by atoms with Gasteiger partial charge in [0.2, 0.25) is 5.91 Å². The Hall–Kier alpha value is -1.39. The van der Waals surface area contributed by atoms with Crippen LogP contribution in [0.25, 0.3) is 0 Å². The van der Waals surface area contributed by atoms with E-state index in [2.05, 4.69) is 22.8 Å². The van der Waals surface area contributed by atoms with Crippen LogP contribution < -0.4 is 10.6 Å². The molecule has 2 rings (SSSR count). The first-order valence-electron chi connectivity index (χ1n) is 7.86. The summed E-state index contributed by atoms with van der Waals surface area (Å²) in [7, 11) is 0. The monoisotopic (exact) mass is 290 g/mol. The topological polar surface area (TPSA) is 50.4 Å². The van der Waals surface area contributed by atoms with Gasteiger partial charge in [0.25, 0.3) is 0 Å². The van der Waals surface area contributed by atoms with Crippen LogP contribution in [0.4, 0.5) is 0 Å². The molecular formula is C17H26N2O2. The van der Waals surface area contributed by atoms with E-state index < -0.39 is 0 Å². The predicted octanol–water partition coefficient (Wildman–Crippen LogP) is 2.02. The summed E-state index contributed by atoms with van der Waals surface area (Å²) in [5.41, 5.74) is 2.58. The van der Waals surface area contributed by atoms with Gasteiger partial charge >= 0.3 is 0 Å². The van der Waals surface area contributed by atoms with Crippen molar-refractivity contribution < 1.29 is 9.53 Å². The second-order valence-corrected chi connectivity index (χ2v) is 5.82. The first-order valence-corrected chi connectivity index (χ1v) is 7.86. The second kappa shape index (κ2) is 8.15. The normalized spacial score (nSPS) is 17.6. The average molecular weight is 290 g/mol.